The summed E-state index contributed by atoms with van der Waals surface area (Å²) in [6.45, 7) is -0.282. The molecule has 5 nitrogen and oxygen atoms in total. The zero-order valence-corrected chi connectivity index (χ0v) is 11.9. The van der Waals surface area contributed by atoms with Gasteiger partial charge < -0.3 is 10.1 Å². The lowest BCUT2D eigenvalue weighted by Crippen LogP contribution is -2.12. The zero-order valence-electron chi connectivity index (χ0n) is 9.52. The van der Waals surface area contributed by atoms with Crippen LogP contribution in [0.3, 0.4) is 0 Å². The maximum absolute atomic E-state index is 12.9. The first-order valence-electron chi connectivity index (χ1n) is 5.18. The van der Waals surface area contributed by atoms with E-state index >= 15 is 0 Å². The number of aliphatic hydroxyl groups excluding tert-OH is 1. The van der Waals surface area contributed by atoms with Gasteiger partial charge in [0.05, 0.1) is 12.3 Å². The maximum Gasteiger partial charge on any atom is 0.263 e. The first kappa shape index (κ1) is 14.0. The third-order valence-corrected chi connectivity index (χ3v) is 4.37. The van der Waals surface area contributed by atoms with Gasteiger partial charge in [0.2, 0.25) is 0 Å². The second-order valence-corrected chi connectivity index (χ2v) is 6.29. The number of aromatic amines is 1. The molecule has 0 aliphatic rings. The summed E-state index contributed by atoms with van der Waals surface area (Å²) in [4.78, 5) is 2.62. The molecule has 3 N–H and O–H groups in total. The van der Waals surface area contributed by atoms with Crippen LogP contribution in [0.5, 0.6) is 0 Å². The molecule has 0 saturated carbocycles. The van der Waals surface area contributed by atoms with E-state index in [0.29, 0.717) is 10.2 Å². The molecule has 1 heterocycles. The topological polar surface area (TPSA) is 82.2 Å². The molecule has 0 bridgehead atoms. The van der Waals surface area contributed by atoms with Gasteiger partial charge >= 0.3 is 0 Å². The number of aromatic nitrogens is 1. The molecule has 8 heteroatoms. The van der Waals surface area contributed by atoms with Gasteiger partial charge in [-0.3, -0.25) is 4.72 Å². The van der Waals surface area contributed by atoms with Gasteiger partial charge in [-0.25, -0.2) is 12.8 Å². The van der Waals surface area contributed by atoms with Crippen molar-refractivity contribution in [1.82, 2.24) is 4.98 Å². The van der Waals surface area contributed by atoms with Crippen LogP contribution < -0.4 is 4.72 Å². The molecule has 102 valence electrons. The Kier molecular flexibility index (Phi) is 3.93. The van der Waals surface area contributed by atoms with Crippen LogP contribution in [0.1, 0.15) is 5.69 Å². The number of hydrogen-bond acceptors (Lipinski definition) is 3. The summed E-state index contributed by atoms with van der Waals surface area (Å²) >= 11 is 3.08. The zero-order chi connectivity index (χ0) is 14.0. The smallest absolute Gasteiger partial charge is 0.263 e. The minimum absolute atomic E-state index is 0.00669. The van der Waals surface area contributed by atoms with Crippen molar-refractivity contribution >= 4 is 31.6 Å². The number of anilines is 1. The van der Waals surface area contributed by atoms with Gasteiger partial charge in [0.25, 0.3) is 10.0 Å². The Morgan fingerprint density at radius 3 is 2.68 bits per heavy atom. The molecule has 0 unspecified atom stereocenters. The molecule has 1 aromatic heterocycles. The van der Waals surface area contributed by atoms with E-state index in [0.717, 1.165) is 12.1 Å². The maximum atomic E-state index is 12.9. The van der Waals surface area contributed by atoms with Crippen molar-refractivity contribution in [3.8, 4) is 0 Å². The molecule has 2 aromatic rings. The van der Waals surface area contributed by atoms with E-state index in [2.05, 4.69) is 25.6 Å². The van der Waals surface area contributed by atoms with Crippen LogP contribution in [0.15, 0.2) is 39.8 Å². The van der Waals surface area contributed by atoms with Gasteiger partial charge in [0, 0.05) is 16.4 Å². The van der Waals surface area contributed by atoms with Gasteiger partial charge in [-0.2, -0.15) is 0 Å². The van der Waals surface area contributed by atoms with E-state index in [1.807, 2.05) is 0 Å². The quantitative estimate of drug-likeness (QED) is 0.792. The first-order chi connectivity index (χ1) is 8.92. The van der Waals surface area contributed by atoms with Crippen LogP contribution in [-0.4, -0.2) is 18.5 Å². The van der Waals surface area contributed by atoms with Gasteiger partial charge in [0.15, 0.2) is 0 Å². The van der Waals surface area contributed by atoms with Gasteiger partial charge in [0.1, 0.15) is 10.7 Å². The molecule has 0 spiro atoms. The van der Waals surface area contributed by atoms with Gasteiger partial charge in [-0.05, 0) is 40.2 Å². The molecule has 0 amide bonds. The number of halogens is 2. The molecule has 1 aromatic carbocycles. The Hall–Kier alpha value is -1.38. The van der Waals surface area contributed by atoms with Crippen molar-refractivity contribution in [1.29, 1.82) is 0 Å². The number of rotatable bonds is 4. The highest BCUT2D eigenvalue weighted by Gasteiger charge is 2.17. The van der Waals surface area contributed by atoms with Gasteiger partial charge in [-0.15, -0.1) is 0 Å². The third-order valence-electron chi connectivity index (χ3n) is 2.37. The Morgan fingerprint density at radius 2 is 2.11 bits per heavy atom. The highest BCUT2D eigenvalue weighted by Crippen LogP contribution is 2.25. The van der Waals surface area contributed by atoms with Crippen LogP contribution in [0.2, 0.25) is 0 Å². The summed E-state index contributed by atoms with van der Waals surface area (Å²) < 4.78 is 39.6. The summed E-state index contributed by atoms with van der Waals surface area (Å²) in [6, 6.07) is 4.95. The number of nitrogens with one attached hydrogen (secondary N) is 2. The largest absolute Gasteiger partial charge is 0.390 e. The van der Waals surface area contributed by atoms with Crippen molar-refractivity contribution in [2.24, 2.45) is 0 Å². The summed E-state index contributed by atoms with van der Waals surface area (Å²) in [6.07, 6.45) is 1.27. The second-order valence-electron chi connectivity index (χ2n) is 3.75. The summed E-state index contributed by atoms with van der Waals surface area (Å²) in [5.41, 5.74) is 0.617. The Balaban J connectivity index is 2.30. The average molecular weight is 349 g/mol. The molecule has 0 fully saturated rings. The van der Waals surface area contributed by atoms with Crippen molar-refractivity contribution in [3.63, 3.8) is 0 Å². The fourth-order valence-electron chi connectivity index (χ4n) is 1.44. The second kappa shape index (κ2) is 5.32. The lowest BCUT2D eigenvalue weighted by molar-refractivity contribution is 0.277. The molecule has 2 rings (SSSR count). The normalized spacial score (nSPS) is 11.5. The Bertz CT molecular complexity index is 700. The van der Waals surface area contributed by atoms with Crippen LogP contribution in [0.4, 0.5) is 10.1 Å². The van der Waals surface area contributed by atoms with Crippen molar-refractivity contribution < 1.29 is 17.9 Å². The molecular formula is C11H10BrFN2O3S. The predicted molar refractivity (Wildman–Crippen MR) is 71.6 cm³/mol. The Labute approximate surface area is 117 Å². The van der Waals surface area contributed by atoms with E-state index < -0.39 is 15.8 Å². The van der Waals surface area contributed by atoms with Crippen LogP contribution in [0, 0.1) is 5.82 Å². The molecule has 19 heavy (non-hydrogen) atoms. The summed E-state index contributed by atoms with van der Waals surface area (Å²) in [7, 11) is -3.78. The number of sulfonamides is 1. The number of aliphatic hydroxyl groups is 1. The van der Waals surface area contributed by atoms with E-state index in [4.69, 9.17) is 5.11 Å². The van der Waals surface area contributed by atoms with E-state index in [1.54, 1.807) is 0 Å². The lowest BCUT2D eigenvalue weighted by atomic mass is 10.3. The minimum Gasteiger partial charge on any atom is -0.390 e. The van der Waals surface area contributed by atoms with Crippen LogP contribution in [-0.2, 0) is 16.6 Å². The van der Waals surface area contributed by atoms with Crippen molar-refractivity contribution in [2.75, 3.05) is 4.72 Å². The number of benzene rings is 1. The van der Waals surface area contributed by atoms with Gasteiger partial charge in [-0.1, -0.05) is 0 Å². The predicted octanol–water partition coefficient (Wildman–Crippen LogP) is 2.21. The van der Waals surface area contributed by atoms with Crippen LogP contribution >= 0.6 is 15.9 Å². The van der Waals surface area contributed by atoms with Crippen molar-refractivity contribution in [2.45, 2.75) is 11.5 Å². The van der Waals surface area contributed by atoms with E-state index in [1.165, 1.54) is 18.3 Å². The number of H-pyrrole nitrogens is 1. The average Bonchev–Trinajstić information content (AvgIpc) is 2.82. The number of hydrogen-bond donors (Lipinski definition) is 3. The monoisotopic (exact) mass is 348 g/mol. The lowest BCUT2D eigenvalue weighted by Gasteiger charge is -2.08. The Morgan fingerprint density at radius 1 is 1.37 bits per heavy atom. The van der Waals surface area contributed by atoms with E-state index in [9.17, 15) is 12.8 Å². The molecule has 0 aliphatic heterocycles. The van der Waals surface area contributed by atoms with E-state index in [-0.39, 0.29) is 17.2 Å². The molecule has 0 saturated heterocycles. The highest BCUT2D eigenvalue weighted by molar-refractivity contribution is 9.10. The standard InChI is InChI=1S/C11H10BrFN2O3S/c12-10-3-7(13)1-2-11(10)15-19(17,18)9-4-8(6-16)14-5-9/h1-5,14-16H,6H2. The van der Waals surface area contributed by atoms with Crippen LogP contribution in [0.25, 0.3) is 0 Å². The summed E-state index contributed by atoms with van der Waals surface area (Å²) in [5.74, 6) is -0.473. The fourth-order valence-corrected chi connectivity index (χ4v) is 3.12. The SMILES string of the molecule is O=S(=O)(Nc1ccc(F)cc1Br)c1c[nH]c(CO)c1. The molecule has 0 atom stereocenters. The molecular weight excluding hydrogens is 339 g/mol. The fraction of sp³-hybridized carbons (Fsp3) is 0.0909. The third kappa shape index (κ3) is 3.14. The molecule has 0 radical (unpaired) electrons. The molecule has 0 aliphatic carbocycles. The first-order valence-corrected chi connectivity index (χ1v) is 7.46. The van der Waals surface area contributed by atoms with Crippen molar-refractivity contribution in [3.05, 3.63) is 46.4 Å². The summed E-state index contributed by atoms with van der Waals surface area (Å²) in [5, 5.41) is 8.89. The highest BCUT2D eigenvalue weighted by atomic mass is 79.9. The minimum atomic E-state index is -3.78.